The van der Waals surface area contributed by atoms with Crippen LogP contribution in [0.15, 0.2) is 40.9 Å². The lowest BCUT2D eigenvalue weighted by molar-refractivity contribution is 0.198. The lowest BCUT2D eigenvalue weighted by atomic mass is 9.98. The number of halogens is 1. The van der Waals surface area contributed by atoms with Gasteiger partial charge in [-0.15, -0.1) is 0 Å². The minimum atomic E-state index is -0.499. The highest BCUT2D eigenvalue weighted by Gasteiger charge is 2.09. The van der Waals surface area contributed by atoms with E-state index in [2.05, 4.69) is 48.8 Å². The molecule has 3 heteroatoms. The molecular formula is C18H21BrO2. The third-order valence-corrected chi connectivity index (χ3v) is 4.21. The lowest BCUT2D eigenvalue weighted by Gasteiger charge is -2.13. The molecule has 0 fully saturated rings. The Morgan fingerprint density at radius 1 is 0.952 bits per heavy atom. The van der Waals surface area contributed by atoms with Gasteiger partial charge in [-0.1, -0.05) is 41.9 Å². The van der Waals surface area contributed by atoms with Crippen molar-refractivity contribution in [3.63, 3.8) is 0 Å². The normalized spacial score (nSPS) is 12.5. The maximum absolute atomic E-state index is 9.63. The molecule has 0 aliphatic rings. The molecule has 0 amide bonds. The van der Waals surface area contributed by atoms with E-state index in [0.29, 0.717) is 5.92 Å². The molecule has 1 N–H and O–H groups in total. The second kappa shape index (κ2) is 6.63. The number of aryl methyl sites for hydroxylation is 1. The van der Waals surface area contributed by atoms with Gasteiger partial charge in [0.1, 0.15) is 11.5 Å². The summed E-state index contributed by atoms with van der Waals surface area (Å²) in [5.41, 5.74) is 3.43. The minimum absolute atomic E-state index is 0.499. The van der Waals surface area contributed by atoms with Crippen molar-refractivity contribution >= 4 is 15.9 Å². The first-order chi connectivity index (χ1) is 9.88. The highest BCUT2D eigenvalue weighted by molar-refractivity contribution is 9.10. The summed E-state index contributed by atoms with van der Waals surface area (Å²) in [4.78, 5) is 0. The molecule has 1 unspecified atom stereocenters. The van der Waals surface area contributed by atoms with Crippen LogP contribution >= 0.6 is 15.9 Å². The molecule has 0 bridgehead atoms. The predicted molar refractivity (Wildman–Crippen MR) is 90.1 cm³/mol. The van der Waals surface area contributed by atoms with Crippen molar-refractivity contribution in [2.45, 2.75) is 39.7 Å². The molecule has 0 radical (unpaired) electrons. The second-order valence-electron chi connectivity index (χ2n) is 5.63. The van der Waals surface area contributed by atoms with Crippen LogP contribution in [-0.4, -0.2) is 5.11 Å². The van der Waals surface area contributed by atoms with E-state index >= 15 is 0 Å². The highest BCUT2D eigenvalue weighted by Crippen LogP contribution is 2.31. The number of benzene rings is 2. The van der Waals surface area contributed by atoms with Gasteiger partial charge in [-0.3, -0.25) is 0 Å². The van der Waals surface area contributed by atoms with Crippen molar-refractivity contribution in [3.8, 4) is 11.5 Å². The van der Waals surface area contributed by atoms with Gasteiger partial charge in [0, 0.05) is 4.47 Å². The van der Waals surface area contributed by atoms with Crippen LogP contribution in [0.25, 0.3) is 0 Å². The van der Waals surface area contributed by atoms with Gasteiger partial charge in [0.05, 0.1) is 6.10 Å². The monoisotopic (exact) mass is 348 g/mol. The van der Waals surface area contributed by atoms with Gasteiger partial charge >= 0.3 is 0 Å². The van der Waals surface area contributed by atoms with Crippen LogP contribution in [0.3, 0.4) is 0 Å². The van der Waals surface area contributed by atoms with E-state index in [0.717, 1.165) is 21.5 Å². The largest absolute Gasteiger partial charge is 0.457 e. The number of ether oxygens (including phenoxy) is 1. The third-order valence-electron chi connectivity index (χ3n) is 3.52. The Labute approximate surface area is 134 Å². The van der Waals surface area contributed by atoms with Crippen LogP contribution < -0.4 is 4.74 Å². The summed E-state index contributed by atoms with van der Waals surface area (Å²) >= 11 is 3.47. The van der Waals surface area contributed by atoms with Crippen molar-refractivity contribution in [1.29, 1.82) is 0 Å². The first-order valence-electron chi connectivity index (χ1n) is 7.14. The molecule has 21 heavy (non-hydrogen) atoms. The first-order valence-corrected chi connectivity index (χ1v) is 7.93. The first kappa shape index (κ1) is 16.1. The fraction of sp³-hybridized carbons (Fsp3) is 0.333. The number of hydrogen-bond donors (Lipinski definition) is 1. The average molecular weight is 349 g/mol. The van der Waals surface area contributed by atoms with Crippen molar-refractivity contribution in [2.75, 3.05) is 0 Å². The molecule has 2 aromatic carbocycles. The van der Waals surface area contributed by atoms with Gasteiger partial charge in [-0.05, 0) is 60.7 Å². The Kier molecular flexibility index (Phi) is 5.07. The van der Waals surface area contributed by atoms with Gasteiger partial charge in [-0.25, -0.2) is 0 Å². The number of aliphatic hydroxyl groups excluding tert-OH is 1. The standard InChI is InChI=1S/C18H21BrO2/c1-11(2)16-7-5-14(9-12(16)3)21-15-6-8-17(13(4)20)18(19)10-15/h5-11,13,20H,1-4H3. The zero-order valence-corrected chi connectivity index (χ0v) is 14.4. The number of hydrogen-bond acceptors (Lipinski definition) is 2. The van der Waals surface area contributed by atoms with Gasteiger partial charge in [0.25, 0.3) is 0 Å². The fourth-order valence-corrected chi connectivity index (χ4v) is 3.09. The smallest absolute Gasteiger partial charge is 0.128 e. The quantitative estimate of drug-likeness (QED) is 0.764. The molecule has 0 saturated carbocycles. The predicted octanol–water partition coefficient (Wildman–Crippen LogP) is 5.73. The minimum Gasteiger partial charge on any atom is -0.457 e. The molecule has 112 valence electrons. The van der Waals surface area contributed by atoms with Crippen LogP contribution in [0, 0.1) is 6.92 Å². The summed E-state index contributed by atoms with van der Waals surface area (Å²) in [6, 6.07) is 11.8. The zero-order valence-electron chi connectivity index (χ0n) is 12.9. The summed E-state index contributed by atoms with van der Waals surface area (Å²) in [6.45, 7) is 8.23. The van der Waals surface area contributed by atoms with Crippen LogP contribution in [0.5, 0.6) is 11.5 Å². The molecule has 2 aromatic rings. The molecule has 0 aliphatic heterocycles. The molecular weight excluding hydrogens is 328 g/mol. The van der Waals surface area contributed by atoms with Gasteiger partial charge in [-0.2, -0.15) is 0 Å². The van der Waals surface area contributed by atoms with E-state index in [-0.39, 0.29) is 0 Å². The molecule has 0 heterocycles. The summed E-state index contributed by atoms with van der Waals surface area (Å²) in [7, 11) is 0. The highest BCUT2D eigenvalue weighted by atomic mass is 79.9. The van der Waals surface area contributed by atoms with E-state index in [1.807, 2.05) is 24.3 Å². The van der Waals surface area contributed by atoms with Crippen molar-refractivity contribution in [3.05, 3.63) is 57.6 Å². The lowest BCUT2D eigenvalue weighted by Crippen LogP contribution is -1.95. The zero-order chi connectivity index (χ0) is 15.6. The van der Waals surface area contributed by atoms with Crippen LogP contribution in [0.2, 0.25) is 0 Å². The van der Waals surface area contributed by atoms with Gasteiger partial charge < -0.3 is 9.84 Å². The van der Waals surface area contributed by atoms with Crippen LogP contribution in [0.4, 0.5) is 0 Å². The Morgan fingerprint density at radius 3 is 2.00 bits per heavy atom. The number of rotatable bonds is 4. The summed E-state index contributed by atoms with van der Waals surface area (Å²) in [6.07, 6.45) is -0.499. The van der Waals surface area contributed by atoms with Crippen molar-refractivity contribution in [1.82, 2.24) is 0 Å². The third kappa shape index (κ3) is 3.86. The summed E-state index contributed by atoms with van der Waals surface area (Å²) in [5.74, 6) is 2.09. The maximum atomic E-state index is 9.63. The topological polar surface area (TPSA) is 29.5 Å². The van der Waals surface area contributed by atoms with E-state index in [4.69, 9.17) is 4.74 Å². The Morgan fingerprint density at radius 2 is 1.52 bits per heavy atom. The molecule has 0 spiro atoms. The van der Waals surface area contributed by atoms with E-state index < -0.39 is 6.10 Å². The van der Waals surface area contributed by atoms with E-state index in [9.17, 15) is 5.11 Å². The SMILES string of the molecule is Cc1cc(Oc2ccc(C(C)O)c(Br)c2)ccc1C(C)C. The maximum Gasteiger partial charge on any atom is 0.128 e. The Bertz CT molecular complexity index is 578. The molecule has 1 atom stereocenters. The fourth-order valence-electron chi connectivity index (χ4n) is 2.41. The van der Waals surface area contributed by atoms with Crippen molar-refractivity contribution < 1.29 is 9.84 Å². The Hall–Kier alpha value is -1.32. The van der Waals surface area contributed by atoms with Crippen molar-refractivity contribution in [2.24, 2.45) is 0 Å². The summed E-state index contributed by atoms with van der Waals surface area (Å²) < 4.78 is 6.75. The van der Waals surface area contributed by atoms with E-state index in [1.54, 1.807) is 6.92 Å². The van der Waals surface area contributed by atoms with Crippen LogP contribution in [-0.2, 0) is 0 Å². The van der Waals surface area contributed by atoms with Gasteiger partial charge in [0.2, 0.25) is 0 Å². The molecule has 0 aromatic heterocycles. The second-order valence-corrected chi connectivity index (χ2v) is 6.49. The molecule has 0 saturated heterocycles. The Balaban J connectivity index is 2.22. The molecule has 2 rings (SSSR count). The van der Waals surface area contributed by atoms with Crippen LogP contribution in [0.1, 0.15) is 49.5 Å². The number of aliphatic hydroxyl groups is 1. The average Bonchev–Trinajstić information content (AvgIpc) is 2.37. The summed E-state index contributed by atoms with van der Waals surface area (Å²) in [5, 5.41) is 9.63. The molecule has 2 nitrogen and oxygen atoms in total. The molecule has 0 aliphatic carbocycles. The van der Waals surface area contributed by atoms with E-state index in [1.165, 1.54) is 11.1 Å². The van der Waals surface area contributed by atoms with Gasteiger partial charge in [0.15, 0.2) is 0 Å².